The summed E-state index contributed by atoms with van der Waals surface area (Å²) in [5, 5.41) is 18.5. The van der Waals surface area contributed by atoms with Crippen LogP contribution in [0.25, 0.3) is 5.65 Å². The van der Waals surface area contributed by atoms with Crippen LogP contribution in [0.4, 0.5) is 16.3 Å². The second kappa shape index (κ2) is 6.56. The van der Waals surface area contributed by atoms with E-state index < -0.39 is 0 Å². The van der Waals surface area contributed by atoms with Gasteiger partial charge in [0.25, 0.3) is 0 Å². The van der Waals surface area contributed by atoms with Crippen molar-refractivity contribution in [1.29, 1.82) is 0 Å². The minimum absolute atomic E-state index is 0.0425. The summed E-state index contributed by atoms with van der Waals surface area (Å²) in [6.45, 7) is 1.51. The quantitative estimate of drug-likeness (QED) is 0.750. The maximum Gasteiger partial charge on any atom is 0.319 e. The van der Waals surface area contributed by atoms with Crippen LogP contribution in [0.1, 0.15) is 6.42 Å². The SMILES string of the molecule is O=C(Nc1ccccc1Cl)N[C@H]1CCN(c2ccc3nncn3n2)C1. The number of rotatable bonds is 3. The van der Waals surface area contributed by atoms with E-state index in [2.05, 4.69) is 30.8 Å². The first kappa shape index (κ1) is 15.6. The molecule has 3 aromatic rings. The Balaban J connectivity index is 1.37. The van der Waals surface area contributed by atoms with E-state index in [9.17, 15) is 4.79 Å². The molecule has 25 heavy (non-hydrogen) atoms. The van der Waals surface area contributed by atoms with Crippen LogP contribution in [0.3, 0.4) is 0 Å². The molecule has 0 saturated carbocycles. The van der Waals surface area contributed by atoms with Crippen LogP contribution in [-0.4, -0.2) is 45.0 Å². The van der Waals surface area contributed by atoms with Crippen molar-refractivity contribution < 1.29 is 4.79 Å². The number of benzene rings is 1. The number of anilines is 2. The third kappa shape index (κ3) is 3.34. The van der Waals surface area contributed by atoms with Gasteiger partial charge in [0, 0.05) is 19.1 Å². The standard InChI is InChI=1S/C16H16ClN7O/c17-12-3-1-2-4-13(12)20-16(25)19-11-7-8-23(9-11)15-6-5-14-21-18-10-24(14)22-15/h1-6,10-11H,7-9H2,(H2,19,20,25)/t11-/m0/s1. The first-order chi connectivity index (χ1) is 12.2. The molecule has 0 aliphatic carbocycles. The molecular formula is C16H16ClN7O. The minimum Gasteiger partial charge on any atom is -0.353 e. The number of nitrogens with one attached hydrogen (secondary N) is 2. The largest absolute Gasteiger partial charge is 0.353 e. The number of carbonyl (C=O) groups is 1. The lowest BCUT2D eigenvalue weighted by molar-refractivity contribution is 0.249. The zero-order chi connectivity index (χ0) is 17.2. The zero-order valence-corrected chi connectivity index (χ0v) is 14.0. The van der Waals surface area contributed by atoms with Crippen LogP contribution in [-0.2, 0) is 0 Å². The summed E-state index contributed by atoms with van der Waals surface area (Å²) >= 11 is 6.05. The number of urea groups is 1. The Morgan fingerprint density at radius 1 is 1.24 bits per heavy atom. The number of para-hydroxylation sites is 1. The fourth-order valence-electron chi connectivity index (χ4n) is 2.88. The van der Waals surface area contributed by atoms with Gasteiger partial charge in [0.1, 0.15) is 12.1 Å². The maximum atomic E-state index is 12.2. The zero-order valence-electron chi connectivity index (χ0n) is 13.3. The summed E-state index contributed by atoms with van der Waals surface area (Å²) in [7, 11) is 0. The average Bonchev–Trinajstić information content (AvgIpc) is 3.25. The normalized spacial score (nSPS) is 17.0. The molecular weight excluding hydrogens is 342 g/mol. The summed E-state index contributed by atoms with van der Waals surface area (Å²) in [4.78, 5) is 14.3. The van der Waals surface area contributed by atoms with Crippen molar-refractivity contribution in [3.8, 4) is 0 Å². The molecule has 4 rings (SSSR count). The highest BCUT2D eigenvalue weighted by molar-refractivity contribution is 6.33. The summed E-state index contributed by atoms with van der Waals surface area (Å²) < 4.78 is 1.64. The van der Waals surface area contributed by atoms with Crippen molar-refractivity contribution in [2.75, 3.05) is 23.3 Å². The summed E-state index contributed by atoms with van der Waals surface area (Å²) in [5.41, 5.74) is 1.30. The van der Waals surface area contributed by atoms with E-state index in [1.165, 1.54) is 0 Å². The van der Waals surface area contributed by atoms with Crippen LogP contribution in [0.5, 0.6) is 0 Å². The lowest BCUT2D eigenvalue weighted by Gasteiger charge is -2.18. The molecule has 1 fully saturated rings. The van der Waals surface area contributed by atoms with Crippen molar-refractivity contribution in [3.05, 3.63) is 47.7 Å². The summed E-state index contributed by atoms with van der Waals surface area (Å²) in [6.07, 6.45) is 2.42. The smallest absolute Gasteiger partial charge is 0.319 e. The summed E-state index contributed by atoms with van der Waals surface area (Å²) in [5.74, 6) is 0.836. The van der Waals surface area contributed by atoms with Gasteiger partial charge in [-0.3, -0.25) is 0 Å². The van der Waals surface area contributed by atoms with E-state index in [1.54, 1.807) is 23.0 Å². The van der Waals surface area contributed by atoms with Gasteiger partial charge in [0.2, 0.25) is 0 Å². The number of halogens is 1. The Kier molecular flexibility index (Phi) is 4.10. The molecule has 0 unspecified atom stereocenters. The predicted molar refractivity (Wildman–Crippen MR) is 95.0 cm³/mol. The highest BCUT2D eigenvalue weighted by atomic mass is 35.5. The van der Waals surface area contributed by atoms with Crippen molar-refractivity contribution >= 4 is 34.8 Å². The van der Waals surface area contributed by atoms with E-state index in [0.717, 1.165) is 18.8 Å². The Labute approximate surface area is 148 Å². The van der Waals surface area contributed by atoms with Crippen LogP contribution in [0.2, 0.25) is 5.02 Å². The number of nitrogens with zero attached hydrogens (tertiary/aromatic N) is 5. The van der Waals surface area contributed by atoms with E-state index in [4.69, 9.17) is 11.6 Å². The maximum absolute atomic E-state index is 12.2. The molecule has 1 aliphatic rings. The molecule has 1 aliphatic heterocycles. The van der Waals surface area contributed by atoms with Crippen LogP contribution >= 0.6 is 11.6 Å². The third-order valence-electron chi connectivity index (χ3n) is 4.12. The van der Waals surface area contributed by atoms with Crippen LogP contribution in [0.15, 0.2) is 42.7 Å². The van der Waals surface area contributed by atoms with Crippen molar-refractivity contribution in [1.82, 2.24) is 25.1 Å². The number of aromatic nitrogens is 4. The number of fused-ring (bicyclic) bond motifs is 1. The van der Waals surface area contributed by atoms with E-state index in [-0.39, 0.29) is 12.1 Å². The van der Waals surface area contributed by atoms with Gasteiger partial charge < -0.3 is 15.5 Å². The van der Waals surface area contributed by atoms with E-state index >= 15 is 0 Å². The number of hydrogen-bond donors (Lipinski definition) is 2. The van der Waals surface area contributed by atoms with Crippen molar-refractivity contribution in [2.24, 2.45) is 0 Å². The van der Waals surface area contributed by atoms with Crippen molar-refractivity contribution in [3.63, 3.8) is 0 Å². The van der Waals surface area contributed by atoms with Crippen LogP contribution < -0.4 is 15.5 Å². The highest BCUT2D eigenvalue weighted by Crippen LogP contribution is 2.21. The van der Waals surface area contributed by atoms with Gasteiger partial charge in [0.15, 0.2) is 5.65 Å². The first-order valence-electron chi connectivity index (χ1n) is 7.93. The third-order valence-corrected chi connectivity index (χ3v) is 4.45. The molecule has 0 spiro atoms. The van der Waals surface area contributed by atoms with E-state index in [0.29, 0.717) is 22.9 Å². The monoisotopic (exact) mass is 357 g/mol. The molecule has 8 nitrogen and oxygen atoms in total. The Morgan fingerprint density at radius 3 is 3.00 bits per heavy atom. The molecule has 3 heterocycles. The number of amides is 2. The average molecular weight is 358 g/mol. The molecule has 9 heteroatoms. The summed E-state index contributed by atoms with van der Waals surface area (Å²) in [6, 6.07) is 10.7. The molecule has 1 saturated heterocycles. The lowest BCUT2D eigenvalue weighted by Crippen LogP contribution is -2.39. The molecule has 2 aromatic heterocycles. The molecule has 0 radical (unpaired) electrons. The van der Waals surface area contributed by atoms with Gasteiger partial charge in [-0.15, -0.1) is 15.3 Å². The fraction of sp³-hybridized carbons (Fsp3) is 0.250. The van der Waals surface area contributed by atoms with Gasteiger partial charge in [-0.25, -0.2) is 4.79 Å². The van der Waals surface area contributed by atoms with Gasteiger partial charge in [0.05, 0.1) is 10.7 Å². The van der Waals surface area contributed by atoms with Gasteiger partial charge in [-0.2, -0.15) is 4.52 Å². The number of hydrogen-bond acceptors (Lipinski definition) is 5. The number of carbonyl (C=O) groups excluding carboxylic acids is 1. The minimum atomic E-state index is -0.262. The highest BCUT2D eigenvalue weighted by Gasteiger charge is 2.25. The second-order valence-electron chi connectivity index (χ2n) is 5.84. The Bertz CT molecular complexity index is 912. The van der Waals surface area contributed by atoms with Gasteiger partial charge in [-0.1, -0.05) is 23.7 Å². The van der Waals surface area contributed by atoms with Crippen LogP contribution in [0, 0.1) is 0 Å². The molecule has 0 bridgehead atoms. The predicted octanol–water partition coefficient (Wildman–Crippen LogP) is 2.18. The van der Waals surface area contributed by atoms with Crippen molar-refractivity contribution in [2.45, 2.75) is 12.5 Å². The molecule has 2 N–H and O–H groups in total. The van der Waals surface area contributed by atoms with Gasteiger partial charge >= 0.3 is 6.03 Å². The molecule has 1 aromatic carbocycles. The Morgan fingerprint density at radius 2 is 2.12 bits per heavy atom. The first-order valence-corrected chi connectivity index (χ1v) is 8.31. The molecule has 128 valence electrons. The molecule has 1 atom stereocenters. The lowest BCUT2D eigenvalue weighted by atomic mass is 10.3. The van der Waals surface area contributed by atoms with E-state index in [1.807, 2.05) is 24.3 Å². The fourth-order valence-corrected chi connectivity index (χ4v) is 3.06. The Hall–Kier alpha value is -2.87. The van der Waals surface area contributed by atoms with Gasteiger partial charge in [-0.05, 0) is 30.7 Å². The molecule has 2 amide bonds. The second-order valence-corrected chi connectivity index (χ2v) is 6.24. The topological polar surface area (TPSA) is 87.5 Å².